The van der Waals surface area contributed by atoms with Crippen molar-refractivity contribution in [3.8, 4) is 0 Å². The summed E-state index contributed by atoms with van der Waals surface area (Å²) in [6.45, 7) is 8.32. The van der Waals surface area contributed by atoms with E-state index in [0.717, 1.165) is 23.1 Å². The molecule has 3 amide bonds. The van der Waals surface area contributed by atoms with E-state index >= 15 is 0 Å². The average Bonchev–Trinajstić information content (AvgIpc) is 3.64. The van der Waals surface area contributed by atoms with Gasteiger partial charge in [-0.15, -0.1) is 0 Å². The number of piperazine rings is 1. The van der Waals surface area contributed by atoms with Crippen molar-refractivity contribution in [2.45, 2.75) is 76.7 Å². The molecule has 3 saturated heterocycles. The van der Waals surface area contributed by atoms with Crippen molar-refractivity contribution in [3.63, 3.8) is 0 Å². The highest BCUT2D eigenvalue weighted by atomic mass is 16.7. The second-order valence-electron chi connectivity index (χ2n) is 13.1. The van der Waals surface area contributed by atoms with Gasteiger partial charge < -0.3 is 20.3 Å². The number of aromatic amines is 1. The fraction of sp³-hybridized carbons (Fsp3) is 0.581. The largest absolute Gasteiger partial charge is 0.361 e. The van der Waals surface area contributed by atoms with Crippen molar-refractivity contribution in [1.82, 2.24) is 25.0 Å². The Morgan fingerprint density at radius 3 is 2.73 bits per heavy atom. The molecule has 0 bridgehead atoms. The number of nitrogens with zero attached hydrogens (tertiary/aromatic N) is 3. The quantitative estimate of drug-likeness (QED) is 0.526. The number of hydrogen-bond donors (Lipinski definition) is 3. The van der Waals surface area contributed by atoms with Crippen molar-refractivity contribution in [1.29, 1.82) is 0 Å². The second-order valence-corrected chi connectivity index (χ2v) is 13.1. The Kier molecular flexibility index (Phi) is 5.79. The van der Waals surface area contributed by atoms with Crippen LogP contribution in [0.2, 0.25) is 0 Å². The van der Waals surface area contributed by atoms with Crippen molar-refractivity contribution in [3.05, 3.63) is 41.6 Å². The Bertz CT molecular complexity index is 1500. The Hall–Kier alpha value is -3.21. The summed E-state index contributed by atoms with van der Waals surface area (Å²) in [5.41, 5.74) is 2.78. The molecule has 7 rings (SSSR count). The van der Waals surface area contributed by atoms with Crippen LogP contribution in [-0.2, 0) is 25.5 Å². The standard InChI is InChI=1S/C31H39N5O5/c1-16(2)26-28(38)35-11-7-10-24(35)31(40)36(26)29(39)30(41-31,17(3)4)33-27(37)19-12-21-20-8-6-9-22-25(20)18(14-32-22)13-23(21)34(5)15-19/h6,8-9,12,14,16-17,19,23-24,26,32,40H,7,10-11,13,15H2,1-5H3,(H,33,37)/t19-,23-,24+,26+,30?,31?/m1/s1. The topological polar surface area (TPSA) is 118 Å². The molecule has 1 aliphatic carbocycles. The van der Waals surface area contributed by atoms with E-state index in [1.54, 1.807) is 18.7 Å². The number of carbonyl (C=O) groups excluding carboxylic acids is 3. The summed E-state index contributed by atoms with van der Waals surface area (Å²) in [6, 6.07) is 4.80. The van der Waals surface area contributed by atoms with E-state index in [9.17, 15) is 19.5 Å². The lowest BCUT2D eigenvalue weighted by Crippen LogP contribution is -2.72. The smallest absolute Gasteiger partial charge is 0.281 e. The molecule has 218 valence electrons. The summed E-state index contributed by atoms with van der Waals surface area (Å²) >= 11 is 0. The number of aliphatic hydroxyl groups is 1. The summed E-state index contributed by atoms with van der Waals surface area (Å²) < 4.78 is 6.40. The molecule has 1 aromatic carbocycles. The zero-order valence-corrected chi connectivity index (χ0v) is 24.3. The molecule has 5 heterocycles. The van der Waals surface area contributed by atoms with Crippen molar-refractivity contribution in [2.24, 2.45) is 17.8 Å². The van der Waals surface area contributed by atoms with Crippen LogP contribution in [0.4, 0.5) is 0 Å². The number of carbonyl (C=O) groups is 3. The van der Waals surface area contributed by atoms with Gasteiger partial charge in [0.2, 0.25) is 17.5 Å². The van der Waals surface area contributed by atoms with Gasteiger partial charge in [0.05, 0.1) is 5.92 Å². The van der Waals surface area contributed by atoms with Crippen LogP contribution in [-0.4, -0.2) is 92.4 Å². The van der Waals surface area contributed by atoms with E-state index in [4.69, 9.17) is 4.74 Å². The summed E-state index contributed by atoms with van der Waals surface area (Å²) in [5, 5.41) is 16.2. The number of aromatic nitrogens is 1. The van der Waals surface area contributed by atoms with Crippen LogP contribution in [0.25, 0.3) is 16.5 Å². The third-order valence-electron chi connectivity index (χ3n) is 10.1. The monoisotopic (exact) mass is 561 g/mol. The van der Waals surface area contributed by atoms with E-state index in [1.807, 2.05) is 33.0 Å². The number of rotatable bonds is 4. The molecular weight excluding hydrogens is 522 g/mol. The van der Waals surface area contributed by atoms with Crippen molar-refractivity contribution in [2.75, 3.05) is 20.1 Å². The molecule has 4 aliphatic heterocycles. The molecule has 0 saturated carbocycles. The van der Waals surface area contributed by atoms with E-state index in [2.05, 4.69) is 33.5 Å². The maximum atomic E-state index is 14.3. The third-order valence-corrected chi connectivity index (χ3v) is 10.1. The first kappa shape index (κ1) is 26.7. The highest BCUT2D eigenvalue weighted by molar-refractivity contribution is 6.01. The molecule has 1 aromatic heterocycles. The molecular formula is C31H39N5O5. The highest BCUT2D eigenvalue weighted by Crippen LogP contribution is 2.49. The number of H-pyrrole nitrogens is 1. The molecule has 10 nitrogen and oxygen atoms in total. The minimum absolute atomic E-state index is 0.150. The molecule has 2 unspecified atom stereocenters. The highest BCUT2D eigenvalue weighted by Gasteiger charge is 2.72. The minimum atomic E-state index is -2.01. The number of benzene rings is 1. The molecule has 2 aromatic rings. The van der Waals surface area contributed by atoms with Crippen LogP contribution in [0.3, 0.4) is 0 Å². The van der Waals surface area contributed by atoms with Crippen LogP contribution in [0.15, 0.2) is 30.5 Å². The summed E-state index contributed by atoms with van der Waals surface area (Å²) in [6.07, 6.45) is 6.21. The van der Waals surface area contributed by atoms with Gasteiger partial charge >= 0.3 is 0 Å². The lowest BCUT2D eigenvalue weighted by molar-refractivity contribution is -0.323. The summed E-state index contributed by atoms with van der Waals surface area (Å²) in [7, 11) is 2.03. The van der Waals surface area contributed by atoms with Gasteiger partial charge in [-0.2, -0.15) is 0 Å². The SMILES string of the molecule is CC(C)[C@H]1C(=O)N2CCC[C@H]2C2(O)OC(NC(=O)[C@@H]3C=C4c5cccc6[nH]cc(c56)C[C@H]4N(C)C3)(C(C)C)C(=O)N12. The van der Waals surface area contributed by atoms with Crippen LogP contribution >= 0.6 is 0 Å². The van der Waals surface area contributed by atoms with E-state index in [1.165, 1.54) is 15.8 Å². The van der Waals surface area contributed by atoms with Gasteiger partial charge in [-0.1, -0.05) is 45.9 Å². The molecule has 5 aliphatic rings. The molecule has 3 fully saturated rings. The predicted molar refractivity (Wildman–Crippen MR) is 152 cm³/mol. The number of fused-ring (bicyclic) bond motifs is 5. The van der Waals surface area contributed by atoms with Gasteiger partial charge in [0.25, 0.3) is 11.8 Å². The Morgan fingerprint density at radius 1 is 1.22 bits per heavy atom. The zero-order chi connectivity index (χ0) is 29.0. The first-order chi connectivity index (χ1) is 19.5. The van der Waals surface area contributed by atoms with Crippen molar-refractivity contribution < 1.29 is 24.2 Å². The van der Waals surface area contributed by atoms with E-state index in [-0.39, 0.29) is 23.8 Å². The molecule has 0 radical (unpaired) electrons. The van der Waals surface area contributed by atoms with Crippen molar-refractivity contribution >= 4 is 34.2 Å². The predicted octanol–water partition coefficient (Wildman–Crippen LogP) is 2.04. The van der Waals surface area contributed by atoms with Crippen LogP contribution in [0, 0.1) is 17.8 Å². The molecule has 41 heavy (non-hydrogen) atoms. The number of amides is 3. The number of likely N-dealkylation sites (N-methyl/N-ethyl adjacent to an activating group) is 1. The van der Waals surface area contributed by atoms with E-state index < -0.39 is 41.5 Å². The molecule has 10 heteroatoms. The Balaban J connectivity index is 1.25. The number of ether oxygens (including phenoxy) is 1. The Labute approximate surface area is 239 Å². The maximum Gasteiger partial charge on any atom is 0.281 e. The average molecular weight is 562 g/mol. The number of hydrogen-bond acceptors (Lipinski definition) is 6. The zero-order valence-electron chi connectivity index (χ0n) is 24.3. The van der Waals surface area contributed by atoms with Gasteiger partial charge in [0, 0.05) is 42.1 Å². The Morgan fingerprint density at radius 2 is 2.00 bits per heavy atom. The van der Waals surface area contributed by atoms with Crippen LogP contribution in [0.1, 0.15) is 51.7 Å². The minimum Gasteiger partial charge on any atom is -0.361 e. The fourth-order valence-electron chi connectivity index (χ4n) is 7.97. The third kappa shape index (κ3) is 3.50. The molecule has 0 spiro atoms. The fourth-order valence-corrected chi connectivity index (χ4v) is 7.97. The van der Waals surface area contributed by atoms with Crippen LogP contribution < -0.4 is 5.32 Å². The summed E-state index contributed by atoms with van der Waals surface area (Å²) in [5.74, 6) is -4.36. The first-order valence-corrected chi connectivity index (χ1v) is 14.9. The molecule has 6 atom stereocenters. The lowest BCUT2D eigenvalue weighted by atomic mass is 9.79. The van der Waals surface area contributed by atoms with Crippen LogP contribution in [0.5, 0.6) is 0 Å². The second kappa shape index (κ2) is 8.89. The van der Waals surface area contributed by atoms with Gasteiger partial charge in [-0.25, -0.2) is 0 Å². The summed E-state index contributed by atoms with van der Waals surface area (Å²) in [4.78, 5) is 50.4. The van der Waals surface area contributed by atoms with E-state index in [0.29, 0.717) is 25.9 Å². The normalized spacial score (nSPS) is 34.8. The van der Waals surface area contributed by atoms with Gasteiger partial charge in [0.1, 0.15) is 12.1 Å². The maximum absolute atomic E-state index is 14.3. The number of nitrogens with one attached hydrogen (secondary N) is 2. The first-order valence-electron chi connectivity index (χ1n) is 14.9. The molecule has 3 N–H and O–H groups in total. The van der Waals surface area contributed by atoms with Gasteiger partial charge in [-0.3, -0.25) is 28.9 Å². The lowest BCUT2D eigenvalue weighted by Gasteiger charge is -2.49. The van der Waals surface area contributed by atoms with Gasteiger partial charge in [0.15, 0.2) is 0 Å². The van der Waals surface area contributed by atoms with Gasteiger partial charge in [-0.05, 0) is 55.0 Å².